The third-order valence-corrected chi connectivity index (χ3v) is 3.10. The van der Waals surface area contributed by atoms with Crippen molar-refractivity contribution < 1.29 is 18.3 Å². The van der Waals surface area contributed by atoms with Gasteiger partial charge in [0.1, 0.15) is 0 Å². The number of alkyl halides is 3. The van der Waals surface area contributed by atoms with Crippen molar-refractivity contribution in [2.75, 3.05) is 0 Å². The van der Waals surface area contributed by atoms with Crippen LogP contribution in [0.25, 0.3) is 5.57 Å². The first kappa shape index (κ1) is 21.4. The summed E-state index contributed by atoms with van der Waals surface area (Å²) in [5.41, 5.74) is 1.69. The van der Waals surface area contributed by atoms with E-state index in [4.69, 9.17) is 5.11 Å². The highest BCUT2D eigenvalue weighted by Crippen LogP contribution is 2.26. The molecule has 1 aromatic carbocycles. The lowest BCUT2D eigenvalue weighted by Crippen LogP contribution is -2.17. The Morgan fingerprint density at radius 2 is 1.78 bits per heavy atom. The van der Waals surface area contributed by atoms with E-state index in [-0.39, 0.29) is 5.57 Å². The maximum Gasteiger partial charge on any atom is 0.448 e. The molecule has 1 nitrogen and oxygen atoms in total. The van der Waals surface area contributed by atoms with Crippen LogP contribution in [0, 0.1) is 0 Å². The largest absolute Gasteiger partial charge is 0.504 e. The Balaban J connectivity index is 0.00000232. The molecule has 0 heterocycles. The van der Waals surface area contributed by atoms with Gasteiger partial charge in [0, 0.05) is 0 Å². The van der Waals surface area contributed by atoms with E-state index in [0.29, 0.717) is 17.5 Å². The Morgan fingerprint density at radius 1 is 1.26 bits per heavy atom. The average Bonchev–Trinajstić information content (AvgIpc) is 2.49. The summed E-state index contributed by atoms with van der Waals surface area (Å²) in [5.74, 6) is -1.18. The molecule has 0 aromatic heterocycles. The Labute approximate surface area is 138 Å². The normalized spacial score (nSPS) is 12.9. The Kier molecular flexibility index (Phi) is 9.46. The van der Waals surface area contributed by atoms with Gasteiger partial charge < -0.3 is 5.11 Å². The molecule has 0 spiro atoms. The van der Waals surface area contributed by atoms with Crippen LogP contribution in [0.2, 0.25) is 5.82 Å². The smallest absolute Gasteiger partial charge is 0.448 e. The van der Waals surface area contributed by atoms with Gasteiger partial charge in [-0.1, -0.05) is 82.7 Å². The third-order valence-electron chi connectivity index (χ3n) is 3.10. The van der Waals surface area contributed by atoms with Crippen molar-refractivity contribution in [3.8, 4) is 0 Å². The summed E-state index contributed by atoms with van der Waals surface area (Å²) in [6.45, 7) is 11.8. The molecule has 0 aliphatic rings. The second-order valence-corrected chi connectivity index (χ2v) is 5.11. The van der Waals surface area contributed by atoms with Gasteiger partial charge in [-0.15, -0.1) is 0 Å². The van der Waals surface area contributed by atoms with Crippen LogP contribution in [0.1, 0.15) is 46.1 Å². The number of halogens is 3. The summed E-state index contributed by atoms with van der Waals surface area (Å²) in [7, 11) is 2.12. The second kappa shape index (κ2) is 10.2. The molecule has 0 saturated carbocycles. The third kappa shape index (κ3) is 7.96. The number of hydrogen-bond acceptors (Lipinski definition) is 1. The van der Waals surface area contributed by atoms with Crippen molar-refractivity contribution in [2.24, 2.45) is 0 Å². The van der Waals surface area contributed by atoms with E-state index in [9.17, 15) is 13.2 Å². The molecule has 127 valence electrons. The van der Waals surface area contributed by atoms with Gasteiger partial charge in [-0.2, -0.15) is 13.2 Å². The molecule has 1 radical (unpaired) electrons. The molecule has 23 heavy (non-hydrogen) atoms. The fourth-order valence-corrected chi connectivity index (χ4v) is 2.01. The zero-order chi connectivity index (χ0) is 18.0. The van der Waals surface area contributed by atoms with E-state index < -0.39 is 11.9 Å². The summed E-state index contributed by atoms with van der Waals surface area (Å²) in [5, 5.41) is 8.92. The predicted molar refractivity (Wildman–Crippen MR) is 93.3 cm³/mol. The maximum absolute atomic E-state index is 12.2. The van der Waals surface area contributed by atoms with Crippen LogP contribution in [0.4, 0.5) is 13.2 Å². The van der Waals surface area contributed by atoms with Crippen molar-refractivity contribution >= 4 is 18.3 Å². The minimum atomic E-state index is -4.74. The van der Waals surface area contributed by atoms with Gasteiger partial charge in [-0.3, -0.25) is 0 Å². The number of allylic oxidation sites excluding steroid dienone is 3. The monoisotopic (exact) mass is 325 g/mol. The van der Waals surface area contributed by atoms with E-state index in [2.05, 4.69) is 27.7 Å². The molecule has 0 aliphatic heterocycles. The summed E-state index contributed by atoms with van der Waals surface area (Å²) in [6, 6.07) is 7.08. The Morgan fingerprint density at radius 3 is 2.22 bits per heavy atom. The molecule has 0 saturated heterocycles. The van der Waals surface area contributed by atoms with Gasteiger partial charge in [0.2, 0.25) is 0 Å². The zero-order valence-electron chi connectivity index (χ0n) is 14.2. The zero-order valence-corrected chi connectivity index (χ0v) is 14.2. The minimum Gasteiger partial charge on any atom is -0.504 e. The fraction of sp³-hybridized carbons (Fsp3) is 0.444. The van der Waals surface area contributed by atoms with Gasteiger partial charge >= 0.3 is 6.18 Å². The molecular formula is C18H25BF3O. The van der Waals surface area contributed by atoms with E-state index >= 15 is 0 Å². The van der Waals surface area contributed by atoms with Gasteiger partial charge in [0.05, 0.1) is 0 Å². The fourth-order valence-electron chi connectivity index (χ4n) is 2.01. The molecule has 0 aliphatic carbocycles. The van der Waals surface area contributed by atoms with Crippen LogP contribution in [0.3, 0.4) is 0 Å². The first-order valence-corrected chi connectivity index (χ1v) is 7.86. The van der Waals surface area contributed by atoms with E-state index in [1.54, 1.807) is 12.1 Å². The highest BCUT2D eigenvalue weighted by Gasteiger charge is 2.33. The molecular weight excluding hydrogens is 300 g/mol. The van der Waals surface area contributed by atoms with Crippen molar-refractivity contribution in [1.29, 1.82) is 0 Å². The molecule has 0 amide bonds. The molecule has 1 aromatic rings. The number of aliphatic hydroxyl groups excluding tert-OH is 1. The van der Waals surface area contributed by atoms with Crippen LogP contribution in [-0.4, -0.2) is 18.6 Å². The Bertz CT molecular complexity index is 504. The van der Waals surface area contributed by atoms with Crippen molar-refractivity contribution in [3.05, 3.63) is 48.2 Å². The summed E-state index contributed by atoms with van der Waals surface area (Å²) < 4.78 is 36.7. The number of hydrogen-bond donors (Lipinski definition) is 1. The molecule has 1 unspecified atom stereocenters. The number of aliphatic hydroxyl groups is 1. The molecule has 1 N–H and O–H groups in total. The van der Waals surface area contributed by atoms with E-state index in [1.807, 2.05) is 26.0 Å². The lowest BCUT2D eigenvalue weighted by atomic mass is 9.58. The van der Waals surface area contributed by atoms with Crippen LogP contribution >= 0.6 is 0 Å². The minimum absolute atomic E-state index is 0.123. The summed E-state index contributed by atoms with van der Waals surface area (Å²) in [6.07, 6.45) is -1.91. The van der Waals surface area contributed by atoms with E-state index in [0.717, 1.165) is 18.3 Å². The molecule has 0 bridgehead atoms. The van der Waals surface area contributed by atoms with Gasteiger partial charge in [0.15, 0.2) is 13.0 Å². The predicted octanol–water partition coefficient (Wildman–Crippen LogP) is 5.67. The van der Waals surface area contributed by atoms with Crippen LogP contribution in [0.15, 0.2) is 42.7 Å². The molecule has 1 rings (SSSR count). The highest BCUT2D eigenvalue weighted by molar-refractivity contribution is 6.54. The number of benzene rings is 1. The lowest BCUT2D eigenvalue weighted by Gasteiger charge is -2.10. The van der Waals surface area contributed by atoms with Crippen LogP contribution < -0.4 is 5.46 Å². The lowest BCUT2D eigenvalue weighted by molar-refractivity contribution is -0.120. The van der Waals surface area contributed by atoms with Gasteiger partial charge in [-0.05, 0) is 17.2 Å². The maximum atomic E-state index is 12.2. The van der Waals surface area contributed by atoms with E-state index in [1.165, 1.54) is 0 Å². The van der Waals surface area contributed by atoms with Crippen molar-refractivity contribution in [3.63, 3.8) is 0 Å². The number of rotatable bonds is 6. The Hall–Kier alpha value is -1.65. The summed E-state index contributed by atoms with van der Waals surface area (Å²) >= 11 is 0. The van der Waals surface area contributed by atoms with Crippen LogP contribution in [0.5, 0.6) is 0 Å². The van der Waals surface area contributed by atoms with Crippen molar-refractivity contribution in [2.45, 2.75) is 52.5 Å². The average molecular weight is 325 g/mol. The van der Waals surface area contributed by atoms with Gasteiger partial charge in [-0.25, -0.2) is 0 Å². The molecule has 5 heteroatoms. The standard InChI is InChI=1S/C16H19BF3O.C2H6/c1-4-5-12(3)17-14-8-6-13(7-9-14)11(2)10-15(21)16(18,19)20;1-2/h6-10,12,21H,2,4-5H2,1,3H3;1-2H3/b15-10-;. The summed E-state index contributed by atoms with van der Waals surface area (Å²) in [4.78, 5) is 0. The topological polar surface area (TPSA) is 20.2 Å². The first-order valence-electron chi connectivity index (χ1n) is 7.86. The molecule has 1 atom stereocenters. The highest BCUT2D eigenvalue weighted by atomic mass is 19.4. The molecule has 0 fully saturated rings. The second-order valence-electron chi connectivity index (χ2n) is 5.11. The van der Waals surface area contributed by atoms with Crippen LogP contribution in [-0.2, 0) is 0 Å². The van der Waals surface area contributed by atoms with Gasteiger partial charge in [0.25, 0.3) is 0 Å². The first-order chi connectivity index (χ1) is 10.7. The van der Waals surface area contributed by atoms with Crippen molar-refractivity contribution in [1.82, 2.24) is 0 Å². The quantitative estimate of drug-likeness (QED) is 0.406. The SMILES string of the molecule is C=C(/C=C(\O)C(F)(F)F)c1ccc([B]C(C)CCC)cc1.CC.